The summed E-state index contributed by atoms with van der Waals surface area (Å²) in [6.07, 6.45) is 1.96. The van der Waals surface area contributed by atoms with Gasteiger partial charge in [0.05, 0.1) is 19.8 Å². The molecule has 6 heteroatoms. The largest absolute Gasteiger partial charge is 0.465 e. The van der Waals surface area contributed by atoms with Gasteiger partial charge >= 0.3 is 17.9 Å². The molecule has 0 fully saturated rings. The summed E-state index contributed by atoms with van der Waals surface area (Å²) in [5.41, 5.74) is -0.507. The number of esters is 3. The van der Waals surface area contributed by atoms with E-state index in [4.69, 9.17) is 14.2 Å². The highest BCUT2D eigenvalue weighted by molar-refractivity contribution is 6.04. The lowest BCUT2D eigenvalue weighted by atomic mass is 9.63. The fourth-order valence-electron chi connectivity index (χ4n) is 3.47. The van der Waals surface area contributed by atoms with Crippen molar-refractivity contribution in [1.82, 2.24) is 0 Å². The Balaban J connectivity index is 2.58. The van der Waals surface area contributed by atoms with Crippen LogP contribution in [0.2, 0.25) is 0 Å². The van der Waals surface area contributed by atoms with Crippen LogP contribution in [0.15, 0.2) is 42.0 Å². The van der Waals surface area contributed by atoms with Crippen LogP contribution in [0.1, 0.15) is 45.1 Å². The van der Waals surface area contributed by atoms with Crippen LogP contribution in [0, 0.1) is 5.41 Å². The zero-order valence-corrected chi connectivity index (χ0v) is 16.0. The molecule has 0 aliphatic heterocycles. The summed E-state index contributed by atoms with van der Waals surface area (Å²) in [6.45, 7) is 5.53. The number of hydrogen-bond acceptors (Lipinski definition) is 6. The van der Waals surface area contributed by atoms with Crippen molar-refractivity contribution in [2.24, 2.45) is 5.41 Å². The number of benzene rings is 1. The summed E-state index contributed by atoms with van der Waals surface area (Å²) < 4.78 is 15.6. The Kier molecular flexibility index (Phi) is 7.16. The predicted molar refractivity (Wildman–Crippen MR) is 98.8 cm³/mol. The molecule has 0 N–H and O–H groups in total. The van der Waals surface area contributed by atoms with Crippen LogP contribution in [0.3, 0.4) is 0 Å². The number of carbonyl (C=O) groups excluding carboxylic acids is 3. The Hall–Kier alpha value is -2.63. The second-order valence-corrected chi connectivity index (χ2v) is 6.24. The van der Waals surface area contributed by atoms with E-state index in [-0.39, 0.29) is 26.2 Å². The number of ether oxygens (including phenoxy) is 3. The molecule has 0 spiro atoms. The van der Waals surface area contributed by atoms with Gasteiger partial charge in [0, 0.05) is 17.9 Å². The third-order valence-corrected chi connectivity index (χ3v) is 4.68. The van der Waals surface area contributed by atoms with E-state index in [0.717, 1.165) is 5.56 Å². The smallest absolute Gasteiger partial charge is 0.333 e. The van der Waals surface area contributed by atoms with E-state index in [1.807, 2.05) is 30.3 Å². The van der Waals surface area contributed by atoms with E-state index in [2.05, 4.69) is 0 Å². The summed E-state index contributed by atoms with van der Waals surface area (Å²) >= 11 is 0. The number of allylic oxidation sites excluding steroid dienone is 1. The molecule has 1 aromatic carbocycles. The molecule has 0 heterocycles. The van der Waals surface area contributed by atoms with Crippen LogP contribution >= 0.6 is 0 Å². The minimum Gasteiger partial charge on any atom is -0.465 e. The van der Waals surface area contributed by atoms with Gasteiger partial charge in [0.1, 0.15) is 0 Å². The highest BCUT2D eigenvalue weighted by atomic mass is 16.6. The van der Waals surface area contributed by atoms with Gasteiger partial charge in [-0.05, 0) is 32.8 Å². The molecular formula is C21H26O6. The molecule has 0 saturated carbocycles. The van der Waals surface area contributed by atoms with Gasteiger partial charge in [-0.2, -0.15) is 0 Å². The maximum atomic E-state index is 13.0. The molecule has 0 aromatic heterocycles. The first kappa shape index (κ1) is 20.7. The molecular weight excluding hydrogens is 348 g/mol. The highest BCUT2D eigenvalue weighted by Gasteiger charge is 2.57. The SMILES string of the molecule is CCOC(=O)C1=CCC(c2ccccc2)C(C(=O)OCC)(C(=O)OCC)C1. The Labute approximate surface area is 159 Å². The van der Waals surface area contributed by atoms with Crippen molar-refractivity contribution in [1.29, 1.82) is 0 Å². The number of rotatable bonds is 7. The minimum absolute atomic E-state index is 0.108. The van der Waals surface area contributed by atoms with Gasteiger partial charge in [-0.3, -0.25) is 9.59 Å². The molecule has 1 aliphatic carbocycles. The van der Waals surface area contributed by atoms with Gasteiger partial charge in [0.15, 0.2) is 5.41 Å². The Morgan fingerprint density at radius 1 is 0.926 bits per heavy atom. The van der Waals surface area contributed by atoms with Crippen molar-refractivity contribution in [3.63, 3.8) is 0 Å². The fourth-order valence-corrected chi connectivity index (χ4v) is 3.47. The first-order valence-corrected chi connectivity index (χ1v) is 9.26. The molecule has 1 unspecified atom stereocenters. The van der Waals surface area contributed by atoms with Crippen LogP contribution in [-0.4, -0.2) is 37.7 Å². The van der Waals surface area contributed by atoms with Crippen molar-refractivity contribution >= 4 is 17.9 Å². The van der Waals surface area contributed by atoms with Crippen molar-refractivity contribution in [3.8, 4) is 0 Å². The second-order valence-electron chi connectivity index (χ2n) is 6.24. The van der Waals surface area contributed by atoms with Gasteiger partial charge < -0.3 is 14.2 Å². The lowest BCUT2D eigenvalue weighted by molar-refractivity contribution is -0.174. The monoisotopic (exact) mass is 374 g/mol. The van der Waals surface area contributed by atoms with Crippen LogP contribution in [0.4, 0.5) is 0 Å². The second kappa shape index (κ2) is 9.35. The van der Waals surface area contributed by atoms with Crippen LogP contribution in [0.5, 0.6) is 0 Å². The summed E-state index contributed by atoms with van der Waals surface area (Å²) in [5, 5.41) is 0. The Morgan fingerprint density at radius 2 is 1.48 bits per heavy atom. The minimum atomic E-state index is -1.62. The molecule has 146 valence electrons. The van der Waals surface area contributed by atoms with Gasteiger partial charge in [-0.25, -0.2) is 4.79 Å². The summed E-state index contributed by atoms with van der Waals surface area (Å²) in [4.78, 5) is 38.4. The standard InChI is InChI=1S/C21H26O6/c1-4-25-18(22)16-12-13-17(15-10-8-7-9-11-15)21(14-16,19(23)26-5-2)20(24)27-6-3/h7-12,17H,4-6,13-14H2,1-3H3. The van der Waals surface area contributed by atoms with Gasteiger partial charge in [0.2, 0.25) is 0 Å². The molecule has 0 saturated heterocycles. The van der Waals surface area contributed by atoms with E-state index in [1.54, 1.807) is 26.8 Å². The van der Waals surface area contributed by atoms with Crippen molar-refractivity contribution < 1.29 is 28.6 Å². The first-order valence-electron chi connectivity index (χ1n) is 9.26. The first-order chi connectivity index (χ1) is 13.0. The lowest BCUT2D eigenvalue weighted by Gasteiger charge is -2.39. The summed E-state index contributed by atoms with van der Waals surface area (Å²) in [5.74, 6) is -2.36. The summed E-state index contributed by atoms with van der Waals surface area (Å²) in [6, 6.07) is 9.28. The molecule has 1 aromatic rings. The van der Waals surface area contributed by atoms with E-state index in [0.29, 0.717) is 12.0 Å². The molecule has 1 atom stereocenters. The molecule has 0 radical (unpaired) electrons. The highest BCUT2D eigenvalue weighted by Crippen LogP contribution is 2.49. The van der Waals surface area contributed by atoms with Crippen molar-refractivity contribution in [2.45, 2.75) is 39.5 Å². The average molecular weight is 374 g/mol. The zero-order chi connectivity index (χ0) is 19.9. The third kappa shape index (κ3) is 4.21. The van der Waals surface area contributed by atoms with Crippen LogP contribution < -0.4 is 0 Å². The predicted octanol–water partition coefficient (Wildman–Crippen LogP) is 3.17. The zero-order valence-electron chi connectivity index (χ0n) is 16.0. The van der Waals surface area contributed by atoms with E-state index >= 15 is 0 Å². The topological polar surface area (TPSA) is 78.9 Å². The summed E-state index contributed by atoms with van der Waals surface area (Å²) in [7, 11) is 0. The van der Waals surface area contributed by atoms with Crippen molar-refractivity contribution in [2.75, 3.05) is 19.8 Å². The van der Waals surface area contributed by atoms with Gasteiger partial charge in [0.25, 0.3) is 0 Å². The molecule has 1 aliphatic rings. The van der Waals surface area contributed by atoms with E-state index in [9.17, 15) is 14.4 Å². The maximum absolute atomic E-state index is 13.0. The van der Waals surface area contributed by atoms with E-state index in [1.165, 1.54) is 0 Å². The molecule has 2 rings (SSSR count). The van der Waals surface area contributed by atoms with Crippen LogP contribution in [-0.2, 0) is 28.6 Å². The third-order valence-electron chi connectivity index (χ3n) is 4.68. The van der Waals surface area contributed by atoms with Gasteiger partial charge in [-0.15, -0.1) is 0 Å². The lowest BCUT2D eigenvalue weighted by Crippen LogP contribution is -2.49. The average Bonchev–Trinajstić information content (AvgIpc) is 2.68. The number of carbonyl (C=O) groups is 3. The maximum Gasteiger partial charge on any atom is 0.333 e. The fraction of sp³-hybridized carbons (Fsp3) is 0.476. The molecule has 0 bridgehead atoms. The number of hydrogen-bond donors (Lipinski definition) is 0. The van der Waals surface area contributed by atoms with E-state index < -0.39 is 29.2 Å². The van der Waals surface area contributed by atoms with Crippen LogP contribution in [0.25, 0.3) is 0 Å². The quantitative estimate of drug-likeness (QED) is 0.414. The molecule has 27 heavy (non-hydrogen) atoms. The molecule has 6 nitrogen and oxygen atoms in total. The Morgan fingerprint density at radius 3 is 2.00 bits per heavy atom. The Bertz CT molecular complexity index is 689. The van der Waals surface area contributed by atoms with Crippen molar-refractivity contribution in [3.05, 3.63) is 47.5 Å². The normalized spacial score (nSPS) is 18.2. The molecule has 0 amide bonds. The van der Waals surface area contributed by atoms with Gasteiger partial charge in [-0.1, -0.05) is 36.4 Å².